The minimum atomic E-state index is -3.57. The first-order valence-corrected chi connectivity index (χ1v) is 9.18. The van der Waals surface area contributed by atoms with Gasteiger partial charge in [-0.1, -0.05) is 35.9 Å². The topological polar surface area (TPSA) is 55.4 Å². The van der Waals surface area contributed by atoms with Crippen LogP contribution >= 0.6 is 11.6 Å². The van der Waals surface area contributed by atoms with E-state index in [0.29, 0.717) is 11.6 Å². The maximum absolute atomic E-state index is 12.3. The van der Waals surface area contributed by atoms with Gasteiger partial charge in [-0.15, -0.1) is 0 Å². The molecule has 2 rings (SSSR count). The van der Waals surface area contributed by atoms with Crippen LogP contribution in [0.5, 0.6) is 0 Å². The van der Waals surface area contributed by atoms with Crippen molar-refractivity contribution in [2.24, 2.45) is 0 Å². The van der Waals surface area contributed by atoms with E-state index in [1.54, 1.807) is 12.1 Å². The highest BCUT2D eigenvalue weighted by Gasteiger charge is 2.14. The van der Waals surface area contributed by atoms with E-state index >= 15 is 0 Å². The van der Waals surface area contributed by atoms with Crippen LogP contribution in [-0.4, -0.2) is 14.5 Å². The summed E-state index contributed by atoms with van der Waals surface area (Å²) in [6.45, 7) is 4.59. The van der Waals surface area contributed by atoms with Crippen molar-refractivity contribution in [2.75, 3.05) is 0 Å². The van der Waals surface area contributed by atoms with Crippen LogP contribution in [0.2, 0.25) is 5.02 Å². The van der Waals surface area contributed by atoms with Crippen molar-refractivity contribution in [1.82, 2.24) is 4.72 Å². The standard InChI is InChI=1S/C17H20ClNO3S/c1-13(2)22-12-15-6-4-3-5-14(15)11-19-23(20,21)17-9-7-16(18)8-10-17/h3-10,13,19H,11-12H2,1-2H3. The molecule has 0 aliphatic rings. The molecule has 0 radical (unpaired) electrons. The van der Waals surface area contributed by atoms with Crippen molar-refractivity contribution in [3.05, 3.63) is 64.7 Å². The Balaban J connectivity index is 2.09. The first kappa shape index (κ1) is 17.9. The van der Waals surface area contributed by atoms with Gasteiger partial charge in [0.2, 0.25) is 10.0 Å². The van der Waals surface area contributed by atoms with Gasteiger partial charge in [0.15, 0.2) is 0 Å². The molecule has 4 nitrogen and oxygen atoms in total. The van der Waals surface area contributed by atoms with Gasteiger partial charge in [0.1, 0.15) is 0 Å². The molecule has 0 fully saturated rings. The molecule has 0 unspecified atom stereocenters. The summed E-state index contributed by atoms with van der Waals surface area (Å²) in [6, 6.07) is 13.7. The van der Waals surface area contributed by atoms with E-state index in [0.717, 1.165) is 11.1 Å². The molecule has 0 saturated heterocycles. The number of sulfonamides is 1. The summed E-state index contributed by atoms with van der Waals surface area (Å²) in [7, 11) is -3.57. The number of halogens is 1. The number of benzene rings is 2. The molecule has 2 aromatic carbocycles. The molecular formula is C17H20ClNO3S. The number of nitrogens with one attached hydrogen (secondary N) is 1. The zero-order valence-corrected chi connectivity index (χ0v) is 14.7. The Morgan fingerprint density at radius 1 is 1.04 bits per heavy atom. The van der Waals surface area contributed by atoms with Crippen LogP contribution in [-0.2, 0) is 27.9 Å². The maximum Gasteiger partial charge on any atom is 0.240 e. The largest absolute Gasteiger partial charge is 0.374 e. The Morgan fingerprint density at radius 3 is 2.26 bits per heavy atom. The molecule has 0 amide bonds. The molecule has 0 saturated carbocycles. The van der Waals surface area contributed by atoms with Crippen LogP contribution < -0.4 is 4.72 Å². The van der Waals surface area contributed by atoms with Crippen LogP contribution in [0.3, 0.4) is 0 Å². The third-order valence-electron chi connectivity index (χ3n) is 3.27. The van der Waals surface area contributed by atoms with Gasteiger partial charge in [-0.3, -0.25) is 0 Å². The Morgan fingerprint density at radius 2 is 1.65 bits per heavy atom. The van der Waals surface area contributed by atoms with Crippen LogP contribution in [0.1, 0.15) is 25.0 Å². The fraction of sp³-hybridized carbons (Fsp3) is 0.294. The van der Waals surface area contributed by atoms with E-state index in [2.05, 4.69) is 4.72 Å². The van der Waals surface area contributed by atoms with Crippen LogP contribution in [0.25, 0.3) is 0 Å². The number of hydrogen-bond acceptors (Lipinski definition) is 3. The number of hydrogen-bond donors (Lipinski definition) is 1. The van der Waals surface area contributed by atoms with Crippen LogP contribution in [0.4, 0.5) is 0 Å². The van der Waals surface area contributed by atoms with Gasteiger partial charge in [-0.05, 0) is 49.2 Å². The Bertz CT molecular complexity index is 743. The normalized spacial score (nSPS) is 11.8. The third-order valence-corrected chi connectivity index (χ3v) is 4.94. The van der Waals surface area contributed by atoms with E-state index in [4.69, 9.17) is 16.3 Å². The summed E-state index contributed by atoms with van der Waals surface area (Å²) in [5.74, 6) is 0. The molecule has 2 aromatic rings. The van der Waals surface area contributed by atoms with Crippen LogP contribution in [0.15, 0.2) is 53.4 Å². The molecule has 0 aromatic heterocycles. The molecule has 0 spiro atoms. The smallest absolute Gasteiger partial charge is 0.240 e. The third kappa shape index (κ3) is 5.32. The van der Waals surface area contributed by atoms with Crippen molar-refractivity contribution >= 4 is 21.6 Å². The highest BCUT2D eigenvalue weighted by atomic mass is 35.5. The highest BCUT2D eigenvalue weighted by molar-refractivity contribution is 7.89. The lowest BCUT2D eigenvalue weighted by Crippen LogP contribution is -2.24. The van der Waals surface area contributed by atoms with Crippen molar-refractivity contribution in [3.63, 3.8) is 0 Å². The molecule has 0 aliphatic heterocycles. The van der Waals surface area contributed by atoms with Gasteiger partial charge in [-0.25, -0.2) is 13.1 Å². The van der Waals surface area contributed by atoms with Crippen molar-refractivity contribution in [1.29, 1.82) is 0 Å². The van der Waals surface area contributed by atoms with Gasteiger partial charge in [0, 0.05) is 11.6 Å². The van der Waals surface area contributed by atoms with Crippen molar-refractivity contribution in [2.45, 2.75) is 38.0 Å². The molecule has 0 atom stereocenters. The quantitative estimate of drug-likeness (QED) is 0.824. The summed E-state index contributed by atoms with van der Waals surface area (Å²) in [4.78, 5) is 0.192. The molecule has 0 bridgehead atoms. The molecule has 1 N–H and O–H groups in total. The van der Waals surface area contributed by atoms with Gasteiger partial charge in [0.05, 0.1) is 17.6 Å². The van der Waals surface area contributed by atoms with Crippen molar-refractivity contribution in [3.8, 4) is 0 Å². The predicted molar refractivity (Wildman–Crippen MR) is 91.8 cm³/mol. The first-order chi connectivity index (χ1) is 10.9. The minimum Gasteiger partial charge on any atom is -0.374 e. The summed E-state index contributed by atoms with van der Waals surface area (Å²) < 4.78 is 32.8. The molecule has 0 aliphatic carbocycles. The van der Waals surface area contributed by atoms with E-state index in [-0.39, 0.29) is 17.5 Å². The second-order valence-electron chi connectivity index (χ2n) is 5.41. The average Bonchev–Trinajstić information content (AvgIpc) is 2.52. The fourth-order valence-electron chi connectivity index (χ4n) is 2.00. The Hall–Kier alpha value is -1.40. The van der Waals surface area contributed by atoms with Gasteiger partial charge >= 0.3 is 0 Å². The second-order valence-corrected chi connectivity index (χ2v) is 7.61. The molecule has 23 heavy (non-hydrogen) atoms. The van der Waals surface area contributed by atoms with E-state index < -0.39 is 10.0 Å². The van der Waals surface area contributed by atoms with Gasteiger partial charge in [-0.2, -0.15) is 0 Å². The lowest BCUT2D eigenvalue weighted by atomic mass is 10.1. The lowest BCUT2D eigenvalue weighted by Gasteiger charge is -2.13. The highest BCUT2D eigenvalue weighted by Crippen LogP contribution is 2.16. The monoisotopic (exact) mass is 353 g/mol. The average molecular weight is 354 g/mol. The second kappa shape index (κ2) is 7.93. The maximum atomic E-state index is 12.3. The zero-order valence-electron chi connectivity index (χ0n) is 13.1. The zero-order chi connectivity index (χ0) is 16.9. The summed E-state index contributed by atoms with van der Waals surface area (Å²) >= 11 is 5.79. The number of ether oxygens (including phenoxy) is 1. The van der Waals surface area contributed by atoms with E-state index in [1.165, 1.54) is 12.1 Å². The van der Waals surface area contributed by atoms with Crippen molar-refractivity contribution < 1.29 is 13.2 Å². The molecule has 6 heteroatoms. The fourth-order valence-corrected chi connectivity index (χ4v) is 3.13. The molecular weight excluding hydrogens is 334 g/mol. The summed E-state index contributed by atoms with van der Waals surface area (Å²) in [6.07, 6.45) is 0.119. The predicted octanol–water partition coefficient (Wildman–Crippen LogP) is 3.74. The Kier molecular flexibility index (Phi) is 6.18. The van der Waals surface area contributed by atoms with Gasteiger partial charge in [0.25, 0.3) is 0 Å². The SMILES string of the molecule is CC(C)OCc1ccccc1CNS(=O)(=O)c1ccc(Cl)cc1. The first-order valence-electron chi connectivity index (χ1n) is 7.32. The number of rotatable bonds is 7. The minimum absolute atomic E-state index is 0.119. The lowest BCUT2D eigenvalue weighted by molar-refractivity contribution is 0.0652. The molecule has 0 heterocycles. The van der Waals surface area contributed by atoms with E-state index in [9.17, 15) is 8.42 Å². The molecule has 124 valence electrons. The Labute approximate surface area is 142 Å². The van der Waals surface area contributed by atoms with E-state index in [1.807, 2.05) is 38.1 Å². The van der Waals surface area contributed by atoms with Gasteiger partial charge < -0.3 is 4.74 Å². The van der Waals surface area contributed by atoms with Crippen LogP contribution in [0, 0.1) is 0 Å². The summed E-state index contributed by atoms with van der Waals surface area (Å²) in [5, 5.41) is 0.500. The summed E-state index contributed by atoms with van der Waals surface area (Å²) in [5.41, 5.74) is 1.87.